The maximum atomic E-state index is 12.4. The van der Waals surface area contributed by atoms with E-state index < -0.39 is 0 Å². The van der Waals surface area contributed by atoms with Crippen LogP contribution in [0.5, 0.6) is 0 Å². The third-order valence-electron chi connectivity index (χ3n) is 4.53. The molecule has 1 aromatic carbocycles. The van der Waals surface area contributed by atoms with Gasteiger partial charge in [0.15, 0.2) is 11.0 Å². The highest BCUT2D eigenvalue weighted by molar-refractivity contribution is 7.99. The summed E-state index contributed by atoms with van der Waals surface area (Å²) in [5.41, 5.74) is 2.53. The number of amides is 3. The third kappa shape index (κ3) is 3.83. The number of hydrogen-bond acceptors (Lipinski definition) is 6. The number of pyridine rings is 1. The second kappa shape index (κ2) is 8.22. The predicted octanol–water partition coefficient (Wildman–Crippen LogP) is 2.94. The lowest BCUT2D eigenvalue weighted by molar-refractivity contribution is -0.124. The number of carbonyl (C=O) groups excluding carboxylic acids is 2. The second-order valence-electron chi connectivity index (χ2n) is 6.33. The lowest BCUT2D eigenvalue weighted by Gasteiger charge is -2.15. The van der Waals surface area contributed by atoms with Crippen molar-refractivity contribution in [2.24, 2.45) is 0 Å². The number of nitrogens with one attached hydrogen (secondary N) is 1. The van der Waals surface area contributed by atoms with E-state index in [2.05, 4.69) is 20.5 Å². The van der Waals surface area contributed by atoms with Crippen LogP contribution in [0.3, 0.4) is 0 Å². The summed E-state index contributed by atoms with van der Waals surface area (Å²) in [5, 5.41) is 12.4. The molecule has 3 amide bonds. The van der Waals surface area contributed by atoms with E-state index in [4.69, 9.17) is 11.6 Å². The fourth-order valence-electron chi connectivity index (χ4n) is 3.02. The zero-order chi connectivity index (χ0) is 20.4. The van der Waals surface area contributed by atoms with Crippen LogP contribution >= 0.6 is 23.4 Å². The van der Waals surface area contributed by atoms with E-state index in [9.17, 15) is 9.59 Å². The van der Waals surface area contributed by atoms with Crippen LogP contribution in [0.1, 0.15) is 5.56 Å². The Kier molecular flexibility index (Phi) is 5.50. The number of aromatic nitrogens is 4. The average Bonchev–Trinajstić information content (AvgIpc) is 3.35. The van der Waals surface area contributed by atoms with Crippen LogP contribution in [0, 0.1) is 6.92 Å². The van der Waals surface area contributed by atoms with Gasteiger partial charge in [-0.15, -0.1) is 10.2 Å². The van der Waals surface area contributed by atoms with E-state index in [1.807, 2.05) is 41.8 Å². The van der Waals surface area contributed by atoms with Gasteiger partial charge in [-0.1, -0.05) is 29.4 Å². The van der Waals surface area contributed by atoms with Crippen molar-refractivity contribution < 1.29 is 9.59 Å². The Hall–Kier alpha value is -2.91. The van der Waals surface area contributed by atoms with Crippen LogP contribution < -0.4 is 5.32 Å². The number of rotatable bonds is 5. The van der Waals surface area contributed by atoms with Gasteiger partial charge in [0.1, 0.15) is 0 Å². The van der Waals surface area contributed by atoms with Gasteiger partial charge in [-0.2, -0.15) is 0 Å². The summed E-state index contributed by atoms with van der Waals surface area (Å²) in [6.45, 7) is 2.77. The van der Waals surface area contributed by atoms with E-state index in [0.717, 1.165) is 16.8 Å². The van der Waals surface area contributed by atoms with E-state index in [1.165, 1.54) is 16.7 Å². The standard InChI is InChI=1S/C19H17ClN6O2S/c1-12-14(20)3-2-4-15(12)26-17(13-5-7-21-8-6-13)23-24-19(26)29-11-16(27)25-10-9-22-18(25)28/h2-8H,9-11H2,1H3,(H,22,28). The van der Waals surface area contributed by atoms with Crippen molar-refractivity contribution >= 4 is 35.3 Å². The lowest BCUT2D eigenvalue weighted by atomic mass is 10.2. The van der Waals surface area contributed by atoms with Gasteiger partial charge in [-0.05, 0) is 36.8 Å². The molecule has 3 heterocycles. The molecule has 1 fully saturated rings. The molecule has 0 aliphatic carbocycles. The molecule has 0 unspecified atom stereocenters. The van der Waals surface area contributed by atoms with Crippen molar-refractivity contribution in [3.8, 4) is 17.1 Å². The van der Waals surface area contributed by atoms with Gasteiger partial charge in [-0.3, -0.25) is 19.2 Å². The minimum atomic E-state index is -0.361. The van der Waals surface area contributed by atoms with Crippen molar-refractivity contribution in [3.63, 3.8) is 0 Å². The number of urea groups is 1. The first-order chi connectivity index (χ1) is 14.1. The molecule has 0 bridgehead atoms. The summed E-state index contributed by atoms with van der Waals surface area (Å²) < 4.78 is 1.87. The lowest BCUT2D eigenvalue weighted by Crippen LogP contribution is -2.35. The molecule has 0 atom stereocenters. The van der Waals surface area contributed by atoms with Gasteiger partial charge in [0.2, 0.25) is 5.91 Å². The van der Waals surface area contributed by atoms with E-state index in [1.54, 1.807) is 12.4 Å². The fourth-order valence-corrected chi connectivity index (χ4v) is 4.01. The van der Waals surface area contributed by atoms with Crippen molar-refractivity contribution in [3.05, 3.63) is 53.3 Å². The van der Waals surface area contributed by atoms with E-state index in [0.29, 0.717) is 29.1 Å². The Balaban J connectivity index is 1.71. The molecule has 1 aliphatic rings. The van der Waals surface area contributed by atoms with Gasteiger partial charge in [-0.25, -0.2) is 4.79 Å². The van der Waals surface area contributed by atoms with Crippen LogP contribution in [-0.4, -0.2) is 55.4 Å². The Morgan fingerprint density at radius 1 is 1.24 bits per heavy atom. The Bertz CT molecular complexity index is 1070. The van der Waals surface area contributed by atoms with Crippen molar-refractivity contribution in [2.75, 3.05) is 18.8 Å². The Morgan fingerprint density at radius 2 is 2.03 bits per heavy atom. The first-order valence-corrected chi connectivity index (χ1v) is 10.2. The molecule has 148 valence electrons. The summed E-state index contributed by atoms with van der Waals surface area (Å²) in [6, 6.07) is 8.92. The molecular weight excluding hydrogens is 412 g/mol. The molecule has 1 N–H and O–H groups in total. The van der Waals surface area contributed by atoms with Gasteiger partial charge in [0.25, 0.3) is 0 Å². The first kappa shape index (κ1) is 19.4. The number of carbonyl (C=O) groups is 2. The molecule has 29 heavy (non-hydrogen) atoms. The third-order valence-corrected chi connectivity index (χ3v) is 5.86. The van der Waals surface area contributed by atoms with Gasteiger partial charge >= 0.3 is 6.03 Å². The van der Waals surface area contributed by atoms with E-state index >= 15 is 0 Å². The highest BCUT2D eigenvalue weighted by Crippen LogP contribution is 2.31. The number of thioether (sulfide) groups is 1. The minimum absolute atomic E-state index is 0.0709. The largest absolute Gasteiger partial charge is 0.336 e. The molecule has 1 saturated heterocycles. The smallest absolute Gasteiger partial charge is 0.324 e. The van der Waals surface area contributed by atoms with Crippen molar-refractivity contribution in [2.45, 2.75) is 12.1 Å². The summed E-state index contributed by atoms with van der Waals surface area (Å²) in [4.78, 5) is 29.4. The highest BCUT2D eigenvalue weighted by Gasteiger charge is 2.27. The van der Waals surface area contributed by atoms with Crippen molar-refractivity contribution in [1.29, 1.82) is 0 Å². The van der Waals surface area contributed by atoms with Gasteiger partial charge in [0, 0.05) is 36.1 Å². The molecule has 0 spiro atoms. The molecule has 3 aromatic rings. The molecule has 10 heteroatoms. The summed E-state index contributed by atoms with van der Waals surface area (Å²) in [7, 11) is 0. The van der Waals surface area contributed by atoms with Crippen LogP contribution in [0.15, 0.2) is 47.9 Å². The number of hydrogen-bond donors (Lipinski definition) is 1. The van der Waals surface area contributed by atoms with E-state index in [-0.39, 0.29) is 17.7 Å². The fraction of sp³-hybridized carbons (Fsp3) is 0.211. The second-order valence-corrected chi connectivity index (χ2v) is 7.68. The number of halogens is 1. The SMILES string of the molecule is Cc1c(Cl)cccc1-n1c(SCC(=O)N2CCNC2=O)nnc1-c1ccncc1. The molecule has 8 nitrogen and oxygen atoms in total. The van der Waals surface area contributed by atoms with Crippen LogP contribution in [0.4, 0.5) is 4.79 Å². The Labute approximate surface area is 176 Å². The molecular formula is C19H17ClN6O2S. The van der Waals surface area contributed by atoms with Crippen LogP contribution in [-0.2, 0) is 4.79 Å². The zero-order valence-electron chi connectivity index (χ0n) is 15.5. The number of nitrogens with zero attached hydrogens (tertiary/aromatic N) is 5. The molecule has 2 aromatic heterocycles. The maximum Gasteiger partial charge on any atom is 0.324 e. The first-order valence-electron chi connectivity index (χ1n) is 8.88. The predicted molar refractivity (Wildman–Crippen MR) is 110 cm³/mol. The Morgan fingerprint density at radius 3 is 2.76 bits per heavy atom. The highest BCUT2D eigenvalue weighted by atomic mass is 35.5. The average molecular weight is 429 g/mol. The summed E-state index contributed by atoms with van der Waals surface area (Å²) >= 11 is 7.56. The molecule has 4 rings (SSSR count). The van der Waals surface area contributed by atoms with Crippen molar-refractivity contribution in [1.82, 2.24) is 30.0 Å². The van der Waals surface area contributed by atoms with Crippen LogP contribution in [0.2, 0.25) is 5.02 Å². The van der Waals surface area contributed by atoms with Crippen LogP contribution in [0.25, 0.3) is 17.1 Å². The quantitative estimate of drug-likeness (QED) is 0.628. The molecule has 0 saturated carbocycles. The monoisotopic (exact) mass is 428 g/mol. The molecule has 0 radical (unpaired) electrons. The normalized spacial score (nSPS) is 13.6. The number of imide groups is 1. The minimum Gasteiger partial charge on any atom is -0.336 e. The van der Waals surface area contributed by atoms with Gasteiger partial charge in [0.05, 0.1) is 11.4 Å². The summed E-state index contributed by atoms with van der Waals surface area (Å²) in [6.07, 6.45) is 3.36. The maximum absolute atomic E-state index is 12.4. The zero-order valence-corrected chi connectivity index (χ0v) is 17.1. The summed E-state index contributed by atoms with van der Waals surface area (Å²) in [5.74, 6) is 0.418. The van der Waals surface area contributed by atoms with Gasteiger partial charge < -0.3 is 5.32 Å². The number of benzene rings is 1. The molecule has 1 aliphatic heterocycles. The topological polar surface area (TPSA) is 93.0 Å².